The molecule has 214 valence electrons. The van der Waals surface area contributed by atoms with E-state index in [1.165, 1.54) is 22.0 Å². The van der Waals surface area contributed by atoms with Crippen molar-refractivity contribution in [3.05, 3.63) is 135 Å². The predicted molar refractivity (Wildman–Crippen MR) is 160 cm³/mol. The number of fused-ring (bicyclic) bond motifs is 1. The van der Waals surface area contributed by atoms with Crippen molar-refractivity contribution in [3.8, 4) is 5.75 Å². The third-order valence-corrected chi connectivity index (χ3v) is 8.12. The molecule has 1 aromatic heterocycles. The molecule has 1 aliphatic heterocycles. The molecule has 0 aliphatic carbocycles. The number of carbonyl (C=O) groups is 1. The molecule has 0 amide bonds. The molecule has 0 spiro atoms. The highest BCUT2D eigenvalue weighted by Crippen LogP contribution is 2.33. The average molecular weight is 604 g/mol. The van der Waals surface area contributed by atoms with Gasteiger partial charge in [-0.1, -0.05) is 65.4 Å². The highest BCUT2D eigenvalue weighted by molar-refractivity contribution is 7.07. The summed E-state index contributed by atoms with van der Waals surface area (Å²) >= 11 is 7.41. The highest BCUT2D eigenvalue weighted by atomic mass is 35.5. The molecular weight excluding hydrogens is 578 g/mol. The maximum atomic E-state index is 13.9. The number of thiazole rings is 1. The second-order valence-electron chi connectivity index (χ2n) is 9.56. The number of esters is 1. The number of nitro groups is 1. The first kappa shape index (κ1) is 29.0. The van der Waals surface area contributed by atoms with Gasteiger partial charge in [-0.15, -0.1) is 0 Å². The van der Waals surface area contributed by atoms with Gasteiger partial charge in [0.05, 0.1) is 33.4 Å². The van der Waals surface area contributed by atoms with Crippen molar-refractivity contribution in [1.82, 2.24) is 4.57 Å². The summed E-state index contributed by atoms with van der Waals surface area (Å²) in [7, 11) is 0. The van der Waals surface area contributed by atoms with Gasteiger partial charge in [-0.2, -0.15) is 0 Å². The van der Waals surface area contributed by atoms with Gasteiger partial charge >= 0.3 is 5.97 Å². The zero-order valence-electron chi connectivity index (χ0n) is 23.0. The number of hydrogen-bond acceptors (Lipinski definition) is 8. The maximum Gasteiger partial charge on any atom is 0.338 e. The Hall–Kier alpha value is -4.54. The molecule has 0 bridgehead atoms. The molecule has 0 fully saturated rings. The molecule has 42 heavy (non-hydrogen) atoms. The van der Waals surface area contributed by atoms with Crippen LogP contribution in [0.3, 0.4) is 0 Å². The van der Waals surface area contributed by atoms with Crippen molar-refractivity contribution in [1.29, 1.82) is 0 Å². The lowest BCUT2D eigenvalue weighted by Crippen LogP contribution is -2.40. The summed E-state index contributed by atoms with van der Waals surface area (Å²) in [4.78, 5) is 43.2. The summed E-state index contributed by atoms with van der Waals surface area (Å²) < 4.78 is 13.0. The topological polar surface area (TPSA) is 113 Å². The van der Waals surface area contributed by atoms with E-state index in [0.29, 0.717) is 36.9 Å². The second-order valence-corrected chi connectivity index (χ2v) is 11.0. The minimum absolute atomic E-state index is 0.110. The van der Waals surface area contributed by atoms with Crippen LogP contribution in [0.15, 0.2) is 87.8 Å². The molecule has 1 atom stereocenters. The van der Waals surface area contributed by atoms with Gasteiger partial charge in [0.2, 0.25) is 0 Å². The monoisotopic (exact) mass is 603 g/mol. The summed E-state index contributed by atoms with van der Waals surface area (Å²) in [5, 5.41) is 12.3. The van der Waals surface area contributed by atoms with Crippen LogP contribution in [0.25, 0.3) is 6.08 Å². The molecule has 5 rings (SSSR count). The summed E-state index contributed by atoms with van der Waals surface area (Å²) in [6.45, 7) is 5.38. The van der Waals surface area contributed by atoms with E-state index in [0.717, 1.165) is 11.1 Å². The van der Waals surface area contributed by atoms with E-state index in [-0.39, 0.29) is 30.0 Å². The highest BCUT2D eigenvalue weighted by Gasteiger charge is 2.34. The largest absolute Gasteiger partial charge is 0.489 e. The quantitative estimate of drug-likeness (QED) is 0.154. The van der Waals surface area contributed by atoms with Crippen LogP contribution in [0.2, 0.25) is 5.02 Å². The molecule has 2 heterocycles. The lowest BCUT2D eigenvalue weighted by Gasteiger charge is -2.24. The molecule has 1 aliphatic rings. The lowest BCUT2D eigenvalue weighted by atomic mass is 9.94. The van der Waals surface area contributed by atoms with Crippen molar-refractivity contribution >= 4 is 40.7 Å². The van der Waals surface area contributed by atoms with Crippen molar-refractivity contribution in [3.63, 3.8) is 0 Å². The van der Waals surface area contributed by atoms with Gasteiger partial charge in [-0.25, -0.2) is 9.79 Å². The smallest absolute Gasteiger partial charge is 0.338 e. The molecule has 0 saturated heterocycles. The Kier molecular flexibility index (Phi) is 8.37. The fraction of sp³-hybridized carbons (Fsp3) is 0.194. The van der Waals surface area contributed by atoms with Crippen LogP contribution in [-0.2, 0) is 16.1 Å². The van der Waals surface area contributed by atoms with E-state index in [1.807, 2.05) is 42.5 Å². The second kappa shape index (κ2) is 12.1. The maximum absolute atomic E-state index is 13.9. The fourth-order valence-electron chi connectivity index (χ4n) is 4.72. The van der Waals surface area contributed by atoms with E-state index in [1.54, 1.807) is 45.0 Å². The minimum atomic E-state index is -0.952. The van der Waals surface area contributed by atoms with E-state index >= 15 is 0 Å². The van der Waals surface area contributed by atoms with Crippen molar-refractivity contribution in [2.24, 2.45) is 4.99 Å². The van der Waals surface area contributed by atoms with Gasteiger partial charge in [-0.05, 0) is 56.2 Å². The number of benzene rings is 3. The Morgan fingerprint density at radius 3 is 2.67 bits per heavy atom. The number of aromatic nitrogens is 1. The van der Waals surface area contributed by atoms with Crippen molar-refractivity contribution in [2.45, 2.75) is 33.4 Å². The van der Waals surface area contributed by atoms with Crippen molar-refractivity contribution in [2.75, 3.05) is 6.61 Å². The van der Waals surface area contributed by atoms with Gasteiger partial charge < -0.3 is 9.47 Å². The number of hydrogen-bond donors (Lipinski definition) is 0. The standard InChI is InChI=1S/C31H26ClN3O6S/c1-4-40-30(37)27-19(3)33-31-34(28(27)21-13-12-18(2)25(16-21)35(38)39)29(36)26(42-31)15-20-8-7-10-23(14-20)41-17-22-9-5-6-11-24(22)32/h5-16,28H,4,17H2,1-3H3/b26-15+/t28-/m0/s1. The Labute approximate surface area is 249 Å². The number of aryl methyl sites for hydroxylation is 1. The van der Waals surface area contributed by atoms with Crippen LogP contribution in [0.4, 0.5) is 5.69 Å². The summed E-state index contributed by atoms with van der Waals surface area (Å²) in [5.74, 6) is -0.0358. The third kappa shape index (κ3) is 5.77. The van der Waals surface area contributed by atoms with Crippen LogP contribution in [0.5, 0.6) is 5.75 Å². The fourth-order valence-corrected chi connectivity index (χ4v) is 5.96. The number of halogens is 1. The van der Waals surface area contributed by atoms with Crippen molar-refractivity contribution < 1.29 is 19.2 Å². The third-order valence-electron chi connectivity index (χ3n) is 6.77. The molecule has 0 saturated carbocycles. The minimum Gasteiger partial charge on any atom is -0.489 e. The van der Waals surface area contributed by atoms with Gasteiger partial charge in [0.1, 0.15) is 12.4 Å². The number of ether oxygens (including phenoxy) is 2. The molecule has 4 aromatic rings. The van der Waals surface area contributed by atoms with Crippen LogP contribution >= 0.6 is 22.9 Å². The Morgan fingerprint density at radius 1 is 1.14 bits per heavy atom. The molecule has 11 heteroatoms. The number of rotatable bonds is 8. The Balaban J connectivity index is 1.59. The number of nitrogens with zero attached hydrogens (tertiary/aromatic N) is 3. The number of carbonyl (C=O) groups excluding carboxylic acids is 1. The first-order valence-electron chi connectivity index (χ1n) is 13.1. The normalized spacial score (nSPS) is 14.8. The Bertz CT molecular complexity index is 1930. The first-order valence-corrected chi connectivity index (χ1v) is 14.3. The SMILES string of the molecule is CCOC(=O)C1=C(C)N=c2s/c(=C/c3cccc(OCc4ccccc4Cl)c3)c(=O)n2[C@H]1c1ccc(C)c([N+](=O)[O-])c1. The summed E-state index contributed by atoms with van der Waals surface area (Å²) in [6, 6.07) is 18.5. The van der Waals surface area contributed by atoms with E-state index in [9.17, 15) is 19.7 Å². The lowest BCUT2D eigenvalue weighted by molar-refractivity contribution is -0.385. The summed E-state index contributed by atoms with van der Waals surface area (Å²) in [6.07, 6.45) is 1.73. The molecule has 9 nitrogen and oxygen atoms in total. The van der Waals surface area contributed by atoms with Gasteiger partial charge in [0.25, 0.3) is 11.2 Å². The van der Waals surface area contributed by atoms with Crippen LogP contribution in [0, 0.1) is 17.0 Å². The van der Waals surface area contributed by atoms with Crippen LogP contribution in [0.1, 0.15) is 42.1 Å². The van der Waals surface area contributed by atoms with Crippen LogP contribution in [-0.4, -0.2) is 22.1 Å². The van der Waals surface area contributed by atoms with Gasteiger partial charge in [0.15, 0.2) is 4.80 Å². The number of nitro benzene ring substituents is 1. The summed E-state index contributed by atoms with van der Waals surface area (Å²) in [5.41, 5.74) is 2.49. The van der Waals surface area contributed by atoms with E-state index in [4.69, 9.17) is 21.1 Å². The zero-order chi connectivity index (χ0) is 30.0. The average Bonchev–Trinajstić information content (AvgIpc) is 3.26. The molecule has 0 N–H and O–H groups in total. The predicted octanol–water partition coefficient (Wildman–Crippen LogP) is 5.25. The Morgan fingerprint density at radius 2 is 1.93 bits per heavy atom. The van der Waals surface area contributed by atoms with Gasteiger partial charge in [-0.3, -0.25) is 19.5 Å². The molecule has 0 unspecified atom stereocenters. The van der Waals surface area contributed by atoms with E-state index < -0.39 is 16.9 Å². The van der Waals surface area contributed by atoms with E-state index in [2.05, 4.69) is 4.99 Å². The number of allylic oxidation sites excluding steroid dienone is 1. The van der Waals surface area contributed by atoms with Crippen LogP contribution < -0.4 is 19.6 Å². The molecule has 0 radical (unpaired) electrons. The van der Waals surface area contributed by atoms with Gasteiger partial charge in [0, 0.05) is 22.2 Å². The zero-order valence-corrected chi connectivity index (χ0v) is 24.6. The first-order chi connectivity index (χ1) is 20.2. The molecule has 3 aromatic carbocycles. The molecular formula is C31H26ClN3O6S.